The lowest BCUT2D eigenvalue weighted by Gasteiger charge is -2.19. The molecule has 1 heterocycles. The predicted octanol–water partition coefficient (Wildman–Crippen LogP) is 15.6. The van der Waals surface area contributed by atoms with Crippen LogP contribution in [0.25, 0.3) is 17.0 Å². The van der Waals surface area contributed by atoms with Crippen molar-refractivity contribution in [2.24, 2.45) is 0 Å². The first kappa shape index (κ1) is 59.2. The van der Waals surface area contributed by atoms with Gasteiger partial charge in [-0.2, -0.15) is 0 Å². The highest BCUT2D eigenvalue weighted by atomic mass is 16.5. The summed E-state index contributed by atoms with van der Waals surface area (Å²) in [5, 5.41) is 58.2. The first-order valence-electron chi connectivity index (χ1n) is 24.2. The predicted molar refractivity (Wildman–Crippen MR) is 302 cm³/mol. The lowest BCUT2D eigenvalue weighted by Crippen LogP contribution is -2.17. The summed E-state index contributed by atoms with van der Waals surface area (Å²) >= 11 is 0. The smallest absolute Gasteiger partial charge is 0.248 e. The molecule has 0 saturated heterocycles. The monoisotopic (exact) mass is 983 g/mol. The Morgan fingerprint density at radius 1 is 0.575 bits per heavy atom. The lowest BCUT2D eigenvalue weighted by atomic mass is 9.87. The van der Waals surface area contributed by atoms with Crippen LogP contribution in [0.15, 0.2) is 168 Å². The largest absolute Gasteiger partial charge is 0.421 e. The van der Waals surface area contributed by atoms with Crippen molar-refractivity contribution in [2.75, 3.05) is 0 Å². The van der Waals surface area contributed by atoms with Crippen LogP contribution in [0.2, 0.25) is 0 Å². The Hall–Kier alpha value is -8.12. The van der Waals surface area contributed by atoms with Crippen LogP contribution in [0.1, 0.15) is 141 Å². The first-order chi connectivity index (χ1) is 34.4. The van der Waals surface area contributed by atoms with Gasteiger partial charge in [0, 0.05) is 44.5 Å². The van der Waals surface area contributed by atoms with E-state index >= 15 is 0 Å². The zero-order valence-electron chi connectivity index (χ0n) is 44.9. The molecule has 0 aliphatic rings. The molecule has 5 rings (SSSR count). The van der Waals surface area contributed by atoms with Gasteiger partial charge in [0.05, 0.1) is 0 Å². The number of nitrogens with zero attached hydrogens (tertiary/aromatic N) is 2. The van der Waals surface area contributed by atoms with Crippen molar-refractivity contribution in [3.8, 4) is 11.5 Å². The van der Waals surface area contributed by atoms with E-state index in [0.717, 1.165) is 23.1 Å². The van der Waals surface area contributed by atoms with Crippen LogP contribution in [0.4, 0.5) is 0 Å². The number of aromatic nitrogens is 2. The molecule has 12 nitrogen and oxygen atoms in total. The molecule has 0 unspecified atom stereocenters. The average molecular weight is 983 g/mol. The molecule has 1 aromatic heterocycles. The van der Waals surface area contributed by atoms with Crippen LogP contribution in [0.3, 0.4) is 0 Å². The van der Waals surface area contributed by atoms with Crippen molar-refractivity contribution >= 4 is 41.0 Å². The van der Waals surface area contributed by atoms with Crippen molar-refractivity contribution < 1.29 is 18.6 Å². The minimum Gasteiger partial charge on any atom is -0.421 e. The number of nitrogens with one attached hydrogen (secondary N) is 6. The van der Waals surface area contributed by atoms with E-state index < -0.39 is 0 Å². The Morgan fingerprint density at radius 3 is 1.40 bits per heavy atom. The van der Waals surface area contributed by atoms with E-state index in [2.05, 4.69) is 85.7 Å². The molecule has 0 bridgehead atoms. The van der Waals surface area contributed by atoms with E-state index in [0.29, 0.717) is 45.2 Å². The van der Waals surface area contributed by atoms with Crippen LogP contribution in [0.5, 0.6) is 0 Å². The van der Waals surface area contributed by atoms with Crippen LogP contribution < -0.4 is 0 Å². The second-order valence-electron chi connectivity index (χ2n) is 19.5. The molecule has 0 aliphatic heterocycles. The molecule has 0 amide bonds. The summed E-state index contributed by atoms with van der Waals surface area (Å²) in [5.41, 5.74) is 7.73. The quantitative estimate of drug-likeness (QED) is 0.0384. The highest BCUT2D eigenvalue weighted by molar-refractivity contribution is 6.09. The summed E-state index contributed by atoms with van der Waals surface area (Å²) in [5.74, 6) is -0.332. The van der Waals surface area contributed by atoms with Crippen LogP contribution in [-0.2, 0) is 30.5 Å². The maximum Gasteiger partial charge on any atom is 0.248 e. The molecule has 0 fully saturated rings. The summed E-state index contributed by atoms with van der Waals surface area (Å²) in [6.07, 6.45) is 12.9. The molecule has 0 aliphatic carbocycles. The molecule has 0 spiro atoms. The fraction of sp³-hybridized carbons (Fsp3) is 0.279. The van der Waals surface area contributed by atoms with Gasteiger partial charge in [-0.1, -0.05) is 175 Å². The third kappa shape index (κ3) is 17.6. The Balaban J connectivity index is 0.000000374. The zero-order chi connectivity index (χ0) is 54.7. The zero-order valence-corrected chi connectivity index (χ0v) is 44.9. The normalized spacial score (nSPS) is 12.0. The van der Waals surface area contributed by atoms with Gasteiger partial charge in [-0.25, -0.2) is 0 Å². The van der Waals surface area contributed by atoms with Gasteiger partial charge in [-0.05, 0) is 107 Å². The van der Waals surface area contributed by atoms with Crippen LogP contribution in [0, 0.1) is 32.5 Å². The molecule has 382 valence electrons. The van der Waals surface area contributed by atoms with Gasteiger partial charge in [0.1, 0.15) is 0 Å². The molecular weight excluding hydrogens is 909 g/mol. The van der Waals surface area contributed by atoms with Gasteiger partial charge in [-0.15, -0.1) is 10.2 Å². The topological polar surface area (TPSA) is 210 Å². The van der Waals surface area contributed by atoms with Crippen molar-refractivity contribution in [1.82, 2.24) is 10.2 Å². The van der Waals surface area contributed by atoms with Crippen LogP contribution in [-0.4, -0.2) is 45.6 Å². The molecule has 12 heteroatoms. The second-order valence-corrected chi connectivity index (χ2v) is 19.5. The van der Waals surface area contributed by atoms with E-state index in [9.17, 15) is 0 Å². The number of allylic oxidation sites excluding steroid dienone is 6. The maximum atomic E-state index is 8.36. The molecule has 5 aromatic rings. The fourth-order valence-electron chi connectivity index (χ4n) is 6.51. The van der Waals surface area contributed by atoms with E-state index in [-0.39, 0.29) is 57.2 Å². The first-order valence-corrected chi connectivity index (χ1v) is 24.2. The summed E-state index contributed by atoms with van der Waals surface area (Å²) in [7, 11) is 0. The highest BCUT2D eigenvalue weighted by Crippen LogP contribution is 2.27. The number of benzene rings is 4. The standard InChI is InChI=1S/C31H38N4O2.C28H30N4O2.C2H6/c1-9-20(26(32)36-28(34)22-11-15-24(16-12-22)30(3,4)5)19-21(10-2)27(33)37-29(35)23-13-17-25(18-14-23)31(6,7)8;1-6-8-11-20(10-7-2)26-31-32-27(34-26)22-13-9-12-21(18-22)25(30)33-24(29)19-14-16-23(17-15-19)28(3,4)5;1-2/h9-19,32-35H,1H2,2-8H3;7-18,29-30H,2,6H2,1,3-5H3;1-2H3/b20-19+,21-10+,32-26?,33-27?,34-28?,35-29?;11-8-,20-10+,29-24?,30-25?;. The average Bonchev–Trinajstić information content (AvgIpc) is 3.86. The Labute approximate surface area is 433 Å². The van der Waals surface area contributed by atoms with Gasteiger partial charge in [-0.3, -0.25) is 32.5 Å². The van der Waals surface area contributed by atoms with Crippen molar-refractivity contribution in [3.05, 3.63) is 209 Å². The van der Waals surface area contributed by atoms with Crippen LogP contribution >= 0.6 is 0 Å². The molecule has 0 atom stereocenters. The third-order valence-electron chi connectivity index (χ3n) is 10.9. The van der Waals surface area contributed by atoms with E-state index in [1.165, 1.54) is 17.7 Å². The van der Waals surface area contributed by atoms with E-state index in [1.807, 2.05) is 93.6 Å². The Bertz CT molecular complexity index is 2890. The minimum atomic E-state index is -0.278. The number of hydrogen-bond acceptors (Lipinski definition) is 12. The molecule has 73 heavy (non-hydrogen) atoms. The maximum absolute atomic E-state index is 8.36. The van der Waals surface area contributed by atoms with Gasteiger partial charge in [0.2, 0.25) is 47.2 Å². The minimum absolute atomic E-state index is 0.00293. The molecule has 6 N–H and O–H groups in total. The molecule has 4 aromatic carbocycles. The van der Waals surface area contributed by atoms with Crippen molar-refractivity contribution in [1.29, 1.82) is 32.5 Å². The van der Waals surface area contributed by atoms with Gasteiger partial charge < -0.3 is 18.6 Å². The Kier molecular flexibility index (Phi) is 21.8. The van der Waals surface area contributed by atoms with E-state index in [4.69, 9.17) is 51.1 Å². The fourth-order valence-corrected chi connectivity index (χ4v) is 6.51. The van der Waals surface area contributed by atoms with Crippen molar-refractivity contribution in [3.63, 3.8) is 0 Å². The lowest BCUT2D eigenvalue weighted by molar-refractivity contribution is 0.535. The van der Waals surface area contributed by atoms with Gasteiger partial charge in [0.15, 0.2) is 0 Å². The number of rotatable bonds is 13. The number of ether oxygens (including phenoxy) is 3. The summed E-state index contributed by atoms with van der Waals surface area (Å²) in [6, 6.07) is 29.7. The summed E-state index contributed by atoms with van der Waals surface area (Å²) in [4.78, 5) is 0. The van der Waals surface area contributed by atoms with Gasteiger partial charge >= 0.3 is 0 Å². The second kappa shape index (κ2) is 26.9. The summed E-state index contributed by atoms with van der Waals surface area (Å²) in [6.45, 7) is 34.4. The Morgan fingerprint density at radius 2 is 1.00 bits per heavy atom. The number of hydrogen-bond donors (Lipinski definition) is 6. The summed E-state index contributed by atoms with van der Waals surface area (Å²) < 4.78 is 22.4. The highest BCUT2D eigenvalue weighted by Gasteiger charge is 2.20. The third-order valence-corrected chi connectivity index (χ3v) is 10.9. The molecular formula is C61H74N8O4. The molecule has 0 radical (unpaired) electrons. The molecule has 0 saturated carbocycles. The van der Waals surface area contributed by atoms with Gasteiger partial charge in [0.25, 0.3) is 0 Å². The van der Waals surface area contributed by atoms with E-state index in [1.54, 1.807) is 61.5 Å². The SMILES string of the molecule is C=C/C(=C\C(=C/C)C(=N)OC(=N)c1ccc(C(C)(C)C)cc1)C(=N)OC(=N)c1ccc(C(C)(C)C)cc1.C=C/C=C(\C=C/CC)c1nnc(-c2cccc(C(=N)OC(=N)c3ccc(C(C)(C)C)cc3)c2)o1.CC. The van der Waals surface area contributed by atoms with Crippen molar-refractivity contribution in [2.45, 2.75) is 113 Å².